The summed E-state index contributed by atoms with van der Waals surface area (Å²) in [5, 5.41) is 11.9. The van der Waals surface area contributed by atoms with Crippen molar-refractivity contribution in [3.05, 3.63) is 0 Å². The molecule has 0 saturated carbocycles. The molecule has 0 bridgehead atoms. The maximum Gasteiger partial charge on any atom is 0.308 e. The number of carbonyl (C=O) groups excluding carboxylic acids is 1. The van der Waals surface area contributed by atoms with Crippen molar-refractivity contribution in [1.82, 2.24) is 5.32 Å². The number of ether oxygens (including phenoxy) is 2. The quantitative estimate of drug-likeness (QED) is 0.150. The molecule has 0 aliphatic heterocycles. The first-order valence-electron chi connectivity index (χ1n) is 12.8. The number of hydrogen-bond acceptors (Lipinski definition) is 5. The van der Waals surface area contributed by atoms with Crippen LogP contribution in [0.5, 0.6) is 0 Å². The van der Waals surface area contributed by atoms with E-state index in [1.54, 1.807) is 0 Å². The van der Waals surface area contributed by atoms with E-state index in [9.17, 15) is 4.79 Å². The number of unbranched alkanes of at least 4 members (excludes halogenated alkanes) is 10. The Morgan fingerprint density at radius 1 is 0.767 bits per heavy atom. The minimum Gasteiger partial charge on any atom is -0.462 e. The van der Waals surface area contributed by atoms with Gasteiger partial charge in [0.1, 0.15) is 6.10 Å². The van der Waals surface area contributed by atoms with Gasteiger partial charge in [-0.05, 0) is 38.6 Å². The largest absolute Gasteiger partial charge is 0.462 e. The molecule has 0 amide bonds. The molecule has 0 saturated heterocycles. The van der Waals surface area contributed by atoms with Crippen molar-refractivity contribution in [2.45, 2.75) is 123 Å². The van der Waals surface area contributed by atoms with E-state index in [1.165, 1.54) is 64.2 Å². The Kier molecular flexibility index (Phi) is 24.1. The van der Waals surface area contributed by atoms with Gasteiger partial charge in [0, 0.05) is 13.2 Å². The van der Waals surface area contributed by atoms with Crippen LogP contribution in [0.3, 0.4) is 0 Å². The van der Waals surface area contributed by atoms with Gasteiger partial charge in [0.25, 0.3) is 0 Å². The first-order valence-corrected chi connectivity index (χ1v) is 12.8. The van der Waals surface area contributed by atoms with Gasteiger partial charge in [0.15, 0.2) is 0 Å². The molecule has 0 unspecified atom stereocenters. The van der Waals surface area contributed by atoms with Crippen LogP contribution in [0.15, 0.2) is 0 Å². The lowest BCUT2D eigenvalue weighted by Gasteiger charge is -2.18. The molecular weight excluding hydrogens is 378 g/mol. The van der Waals surface area contributed by atoms with Gasteiger partial charge in [0.05, 0.1) is 19.6 Å². The Bertz CT molecular complexity index is 336. The Hall–Kier alpha value is -0.650. The van der Waals surface area contributed by atoms with Crippen molar-refractivity contribution < 1.29 is 19.4 Å². The zero-order valence-electron chi connectivity index (χ0n) is 20.1. The van der Waals surface area contributed by atoms with E-state index >= 15 is 0 Å². The molecule has 5 nitrogen and oxygen atoms in total. The molecule has 30 heavy (non-hydrogen) atoms. The first-order chi connectivity index (χ1) is 14.7. The maximum absolute atomic E-state index is 12.2. The van der Waals surface area contributed by atoms with Crippen molar-refractivity contribution >= 4 is 5.97 Å². The fourth-order valence-corrected chi connectivity index (χ4v) is 3.54. The number of aliphatic hydroxyl groups excluding tert-OH is 1. The lowest BCUT2D eigenvalue weighted by Crippen LogP contribution is -2.23. The van der Waals surface area contributed by atoms with Crippen molar-refractivity contribution in [2.24, 2.45) is 0 Å². The van der Waals surface area contributed by atoms with E-state index < -0.39 is 0 Å². The van der Waals surface area contributed by atoms with Gasteiger partial charge in [0.2, 0.25) is 0 Å². The number of rotatable bonds is 24. The van der Waals surface area contributed by atoms with Gasteiger partial charge >= 0.3 is 5.97 Å². The van der Waals surface area contributed by atoms with Crippen LogP contribution in [0, 0.1) is 0 Å². The minimum atomic E-state index is -0.120. The average molecular weight is 430 g/mol. The summed E-state index contributed by atoms with van der Waals surface area (Å²) >= 11 is 0. The van der Waals surface area contributed by atoms with Crippen LogP contribution in [0.4, 0.5) is 0 Å². The zero-order chi connectivity index (χ0) is 22.1. The fourth-order valence-electron chi connectivity index (χ4n) is 3.54. The van der Waals surface area contributed by atoms with Crippen LogP contribution in [0.1, 0.15) is 117 Å². The molecule has 0 aromatic heterocycles. The molecule has 0 fully saturated rings. The van der Waals surface area contributed by atoms with Crippen molar-refractivity contribution in [1.29, 1.82) is 0 Å². The highest BCUT2D eigenvalue weighted by atomic mass is 16.5. The highest BCUT2D eigenvalue weighted by Gasteiger charge is 2.14. The second-order valence-electron chi connectivity index (χ2n) is 8.41. The van der Waals surface area contributed by atoms with Gasteiger partial charge in [-0.25, -0.2) is 0 Å². The number of carbonyl (C=O) groups is 1. The molecule has 0 spiro atoms. The molecular formula is C25H51NO4. The van der Waals surface area contributed by atoms with E-state index in [0.717, 1.165) is 45.2 Å². The van der Waals surface area contributed by atoms with Crippen LogP contribution in [0.25, 0.3) is 0 Å². The third kappa shape index (κ3) is 22.0. The maximum atomic E-state index is 12.2. The second kappa shape index (κ2) is 24.6. The summed E-state index contributed by atoms with van der Waals surface area (Å²) in [6, 6.07) is 0. The zero-order valence-corrected chi connectivity index (χ0v) is 20.1. The summed E-state index contributed by atoms with van der Waals surface area (Å²) in [7, 11) is 0. The smallest absolute Gasteiger partial charge is 0.308 e. The average Bonchev–Trinajstić information content (AvgIpc) is 2.74. The summed E-state index contributed by atoms with van der Waals surface area (Å²) in [5.41, 5.74) is 0. The number of esters is 1. The molecule has 0 aromatic rings. The predicted molar refractivity (Wildman–Crippen MR) is 126 cm³/mol. The predicted octanol–water partition coefficient (Wildman–Crippen LogP) is 5.78. The van der Waals surface area contributed by atoms with Crippen molar-refractivity contribution in [2.75, 3.05) is 32.9 Å². The molecule has 0 rings (SSSR count). The third-order valence-corrected chi connectivity index (χ3v) is 5.44. The van der Waals surface area contributed by atoms with E-state index in [4.69, 9.17) is 14.6 Å². The monoisotopic (exact) mass is 429 g/mol. The summed E-state index contributed by atoms with van der Waals surface area (Å²) in [6.45, 7) is 7.23. The normalized spacial score (nSPS) is 11.3. The number of hydrogen-bond donors (Lipinski definition) is 2. The standard InChI is InChI=1S/C25H51NO4/c1-3-5-7-9-11-13-16-24(17-14-12-10-8-6-4-2)30-25(28)18-22-29-23-20-26-19-15-21-27/h24,26-27H,3-23H2,1-2H3. The lowest BCUT2D eigenvalue weighted by atomic mass is 10.0. The van der Waals surface area contributed by atoms with E-state index in [0.29, 0.717) is 19.6 Å². The topological polar surface area (TPSA) is 67.8 Å². The third-order valence-electron chi connectivity index (χ3n) is 5.44. The van der Waals surface area contributed by atoms with Crippen LogP contribution in [0.2, 0.25) is 0 Å². The van der Waals surface area contributed by atoms with E-state index in [2.05, 4.69) is 19.2 Å². The first kappa shape index (κ1) is 29.4. The molecule has 0 aromatic carbocycles. The highest BCUT2D eigenvalue weighted by molar-refractivity contribution is 5.69. The van der Waals surface area contributed by atoms with Gasteiger partial charge in [-0.2, -0.15) is 0 Å². The molecule has 0 aliphatic rings. The molecule has 0 aliphatic carbocycles. The summed E-state index contributed by atoms with van der Waals surface area (Å²) in [4.78, 5) is 12.2. The SMILES string of the molecule is CCCCCCCCC(CCCCCCCC)OC(=O)CCOCCNCCCO. The Balaban J connectivity index is 3.96. The molecule has 5 heteroatoms. The number of nitrogens with one attached hydrogen (secondary N) is 1. The molecule has 180 valence electrons. The molecule has 0 atom stereocenters. The highest BCUT2D eigenvalue weighted by Crippen LogP contribution is 2.17. The van der Waals surface area contributed by atoms with Gasteiger partial charge in [-0.1, -0.05) is 78.1 Å². The summed E-state index contributed by atoms with van der Waals surface area (Å²) < 4.78 is 11.3. The summed E-state index contributed by atoms with van der Waals surface area (Å²) in [6.07, 6.45) is 18.4. The Morgan fingerprint density at radius 2 is 1.33 bits per heavy atom. The van der Waals surface area contributed by atoms with Gasteiger partial charge in [-0.3, -0.25) is 4.79 Å². The van der Waals surface area contributed by atoms with Gasteiger partial charge < -0.3 is 19.9 Å². The van der Waals surface area contributed by atoms with Crippen LogP contribution in [-0.4, -0.2) is 50.1 Å². The minimum absolute atomic E-state index is 0.0787. The Morgan fingerprint density at radius 3 is 1.90 bits per heavy atom. The van der Waals surface area contributed by atoms with E-state index in [1.807, 2.05) is 0 Å². The van der Waals surface area contributed by atoms with Crippen LogP contribution < -0.4 is 5.32 Å². The number of aliphatic hydroxyl groups is 1. The molecule has 2 N–H and O–H groups in total. The van der Waals surface area contributed by atoms with Crippen LogP contribution >= 0.6 is 0 Å². The second-order valence-corrected chi connectivity index (χ2v) is 8.41. The van der Waals surface area contributed by atoms with E-state index in [-0.39, 0.29) is 18.7 Å². The van der Waals surface area contributed by atoms with Crippen molar-refractivity contribution in [3.8, 4) is 0 Å². The van der Waals surface area contributed by atoms with Gasteiger partial charge in [-0.15, -0.1) is 0 Å². The summed E-state index contributed by atoms with van der Waals surface area (Å²) in [5.74, 6) is -0.120. The van der Waals surface area contributed by atoms with Crippen molar-refractivity contribution in [3.63, 3.8) is 0 Å². The Labute approximate surface area is 186 Å². The van der Waals surface area contributed by atoms with Crippen LogP contribution in [-0.2, 0) is 14.3 Å². The fraction of sp³-hybridized carbons (Fsp3) is 0.960. The lowest BCUT2D eigenvalue weighted by molar-refractivity contribution is -0.151. The molecule has 0 radical (unpaired) electrons. The molecule has 0 heterocycles.